The molecule has 0 saturated carbocycles. The predicted molar refractivity (Wildman–Crippen MR) is 146 cm³/mol. The van der Waals surface area contributed by atoms with Crippen LogP contribution in [0.25, 0.3) is 21.8 Å². The van der Waals surface area contributed by atoms with E-state index in [2.05, 4.69) is 34.1 Å². The fraction of sp³-hybridized carbons (Fsp3) is 0.200. The van der Waals surface area contributed by atoms with Crippen LogP contribution in [0.3, 0.4) is 0 Å². The Hall–Kier alpha value is -3.83. The third-order valence-corrected chi connectivity index (χ3v) is 6.48. The summed E-state index contributed by atoms with van der Waals surface area (Å²) in [4.78, 5) is 17.2. The van der Waals surface area contributed by atoms with E-state index < -0.39 is 0 Å². The van der Waals surface area contributed by atoms with Gasteiger partial charge in [0.25, 0.3) is 0 Å². The molecule has 182 valence electrons. The van der Waals surface area contributed by atoms with Crippen molar-refractivity contribution in [3.8, 4) is 5.75 Å². The van der Waals surface area contributed by atoms with Gasteiger partial charge in [-0.2, -0.15) is 0 Å². The van der Waals surface area contributed by atoms with Crippen molar-refractivity contribution in [3.63, 3.8) is 0 Å². The van der Waals surface area contributed by atoms with Gasteiger partial charge in [-0.05, 0) is 47.7 Å². The van der Waals surface area contributed by atoms with Gasteiger partial charge in [0.05, 0.1) is 24.0 Å². The Balaban J connectivity index is 1.19. The molecule has 0 spiro atoms. The molecule has 1 heterocycles. The highest BCUT2D eigenvalue weighted by Crippen LogP contribution is 2.25. The highest BCUT2D eigenvalue weighted by atomic mass is 35.5. The molecule has 0 aliphatic heterocycles. The molecule has 1 N–H and O–H groups in total. The molecule has 0 aliphatic rings. The maximum atomic E-state index is 12.3. The van der Waals surface area contributed by atoms with Gasteiger partial charge in [0.2, 0.25) is 5.91 Å². The van der Waals surface area contributed by atoms with Crippen molar-refractivity contribution in [3.05, 3.63) is 107 Å². The van der Waals surface area contributed by atoms with Gasteiger partial charge in [0, 0.05) is 23.4 Å². The maximum Gasteiger partial charge on any atom is 0.224 e. The molecular formula is C30H28ClN3O2. The minimum atomic E-state index is 0.00862. The van der Waals surface area contributed by atoms with Crippen LogP contribution in [0.4, 0.5) is 0 Å². The average molecular weight is 498 g/mol. The zero-order valence-corrected chi connectivity index (χ0v) is 20.7. The summed E-state index contributed by atoms with van der Waals surface area (Å²) >= 11 is 5.92. The molecule has 5 rings (SSSR count). The first-order chi connectivity index (χ1) is 17.7. The molecule has 0 atom stereocenters. The van der Waals surface area contributed by atoms with E-state index >= 15 is 0 Å². The van der Waals surface area contributed by atoms with Crippen molar-refractivity contribution < 1.29 is 9.53 Å². The zero-order valence-electron chi connectivity index (χ0n) is 20.0. The number of rotatable bonds is 10. The Labute approximate surface area is 215 Å². The summed E-state index contributed by atoms with van der Waals surface area (Å²) in [5, 5.41) is 5.97. The quantitative estimate of drug-likeness (QED) is 0.233. The van der Waals surface area contributed by atoms with Crippen molar-refractivity contribution in [2.45, 2.75) is 25.8 Å². The van der Waals surface area contributed by atoms with E-state index in [4.69, 9.17) is 21.3 Å². The van der Waals surface area contributed by atoms with Crippen LogP contribution in [0.5, 0.6) is 5.75 Å². The van der Waals surface area contributed by atoms with E-state index in [1.807, 2.05) is 54.6 Å². The summed E-state index contributed by atoms with van der Waals surface area (Å²) in [6.07, 6.45) is 1.92. The molecule has 1 amide bonds. The number of aromatic nitrogens is 2. The number of nitrogens with zero attached hydrogens (tertiary/aromatic N) is 2. The first kappa shape index (κ1) is 23.9. The minimum absolute atomic E-state index is 0.00862. The van der Waals surface area contributed by atoms with Gasteiger partial charge in [-0.25, -0.2) is 4.98 Å². The minimum Gasteiger partial charge on any atom is -0.491 e. The number of carbonyl (C=O) groups excluding carboxylic acids is 1. The van der Waals surface area contributed by atoms with Gasteiger partial charge >= 0.3 is 0 Å². The number of para-hydroxylation sites is 2. The molecule has 1 aromatic heterocycles. The molecule has 0 saturated heterocycles. The molecule has 0 aliphatic carbocycles. The Morgan fingerprint density at radius 2 is 1.69 bits per heavy atom. The number of carbonyl (C=O) groups is 1. The van der Waals surface area contributed by atoms with Crippen LogP contribution in [0, 0.1) is 0 Å². The van der Waals surface area contributed by atoms with Crippen LogP contribution in [-0.4, -0.2) is 28.6 Å². The lowest BCUT2D eigenvalue weighted by molar-refractivity contribution is -0.120. The second kappa shape index (κ2) is 11.3. The monoisotopic (exact) mass is 497 g/mol. The van der Waals surface area contributed by atoms with Gasteiger partial charge in [0.1, 0.15) is 18.2 Å². The molecule has 0 unspecified atom stereocenters. The second-order valence-corrected chi connectivity index (χ2v) is 9.19. The normalized spacial score (nSPS) is 11.1. The highest BCUT2D eigenvalue weighted by molar-refractivity contribution is 6.30. The third kappa shape index (κ3) is 5.69. The predicted octanol–water partition coefficient (Wildman–Crippen LogP) is 6.21. The average Bonchev–Trinajstić information content (AvgIpc) is 3.25. The van der Waals surface area contributed by atoms with Crippen LogP contribution in [0.2, 0.25) is 5.02 Å². The number of aryl methyl sites for hydroxylation is 1. The number of benzene rings is 4. The fourth-order valence-corrected chi connectivity index (χ4v) is 4.58. The topological polar surface area (TPSA) is 56.2 Å². The largest absolute Gasteiger partial charge is 0.491 e. The van der Waals surface area contributed by atoms with Crippen molar-refractivity contribution in [2.75, 3.05) is 13.2 Å². The Morgan fingerprint density at radius 3 is 2.58 bits per heavy atom. The molecule has 36 heavy (non-hydrogen) atoms. The molecule has 5 aromatic rings. The maximum absolute atomic E-state index is 12.3. The summed E-state index contributed by atoms with van der Waals surface area (Å²) in [6.45, 7) is 1.84. The van der Waals surface area contributed by atoms with Gasteiger partial charge in [0.15, 0.2) is 0 Å². The second-order valence-electron chi connectivity index (χ2n) is 8.75. The molecule has 0 radical (unpaired) electrons. The van der Waals surface area contributed by atoms with E-state index in [-0.39, 0.29) is 5.91 Å². The summed E-state index contributed by atoms with van der Waals surface area (Å²) in [6, 6.07) is 29.9. The standard InChI is InChI=1S/C30H28ClN3O2/c31-24-16-14-22(15-17-24)21-30(35)32-18-6-13-29-33-26-10-3-4-11-27(26)34(29)19-20-36-28-12-5-8-23-7-1-2-9-25(23)28/h1-5,7-12,14-17H,6,13,18-21H2,(H,32,35). The first-order valence-electron chi connectivity index (χ1n) is 12.2. The highest BCUT2D eigenvalue weighted by Gasteiger charge is 2.11. The van der Waals surface area contributed by atoms with Crippen LogP contribution in [-0.2, 0) is 24.2 Å². The number of fused-ring (bicyclic) bond motifs is 2. The number of nitrogens with one attached hydrogen (secondary N) is 1. The van der Waals surface area contributed by atoms with Gasteiger partial charge < -0.3 is 14.6 Å². The van der Waals surface area contributed by atoms with Crippen molar-refractivity contribution in [1.82, 2.24) is 14.9 Å². The van der Waals surface area contributed by atoms with E-state index in [0.717, 1.165) is 46.4 Å². The van der Waals surface area contributed by atoms with E-state index in [0.29, 0.717) is 31.1 Å². The smallest absolute Gasteiger partial charge is 0.224 e. The van der Waals surface area contributed by atoms with Crippen LogP contribution >= 0.6 is 11.6 Å². The van der Waals surface area contributed by atoms with Gasteiger partial charge in [-0.3, -0.25) is 4.79 Å². The molecule has 0 fully saturated rings. The van der Waals surface area contributed by atoms with Crippen molar-refractivity contribution in [2.24, 2.45) is 0 Å². The lowest BCUT2D eigenvalue weighted by Gasteiger charge is -2.12. The number of halogens is 1. The molecule has 6 heteroatoms. The Morgan fingerprint density at radius 1 is 0.917 bits per heavy atom. The number of ether oxygens (including phenoxy) is 1. The number of hydrogen-bond acceptors (Lipinski definition) is 3. The van der Waals surface area contributed by atoms with Crippen LogP contribution in [0.1, 0.15) is 17.8 Å². The first-order valence-corrected chi connectivity index (χ1v) is 12.6. The molecule has 0 bridgehead atoms. The van der Waals surface area contributed by atoms with Crippen LogP contribution < -0.4 is 10.1 Å². The zero-order chi connectivity index (χ0) is 24.7. The molecular weight excluding hydrogens is 470 g/mol. The van der Waals surface area contributed by atoms with E-state index in [9.17, 15) is 4.79 Å². The molecule has 5 nitrogen and oxygen atoms in total. The van der Waals surface area contributed by atoms with E-state index in [1.54, 1.807) is 12.1 Å². The van der Waals surface area contributed by atoms with Gasteiger partial charge in [-0.1, -0.05) is 72.3 Å². The number of hydrogen-bond donors (Lipinski definition) is 1. The van der Waals surface area contributed by atoms with Crippen molar-refractivity contribution >= 4 is 39.3 Å². The third-order valence-electron chi connectivity index (χ3n) is 6.23. The summed E-state index contributed by atoms with van der Waals surface area (Å²) in [5.41, 5.74) is 3.02. The lowest BCUT2D eigenvalue weighted by atomic mass is 10.1. The Bertz CT molecular complexity index is 1470. The molecule has 4 aromatic carbocycles. The lowest BCUT2D eigenvalue weighted by Crippen LogP contribution is -2.26. The number of imidazole rings is 1. The Kier molecular flexibility index (Phi) is 7.48. The van der Waals surface area contributed by atoms with Crippen molar-refractivity contribution in [1.29, 1.82) is 0 Å². The SMILES string of the molecule is O=C(Cc1ccc(Cl)cc1)NCCCc1nc2ccccc2n1CCOc1cccc2ccccc12. The van der Waals surface area contributed by atoms with E-state index in [1.165, 1.54) is 5.39 Å². The summed E-state index contributed by atoms with van der Waals surface area (Å²) in [7, 11) is 0. The summed E-state index contributed by atoms with van der Waals surface area (Å²) in [5.74, 6) is 1.90. The van der Waals surface area contributed by atoms with Crippen LogP contribution in [0.15, 0.2) is 91.0 Å². The van der Waals surface area contributed by atoms with Gasteiger partial charge in [-0.15, -0.1) is 0 Å². The summed E-state index contributed by atoms with van der Waals surface area (Å²) < 4.78 is 8.44. The number of amides is 1. The fourth-order valence-electron chi connectivity index (χ4n) is 4.46.